The summed E-state index contributed by atoms with van der Waals surface area (Å²) < 4.78 is 7.58. The first kappa shape index (κ1) is 16.1. The number of rotatable bonds is 6. The van der Waals surface area contributed by atoms with Crippen molar-refractivity contribution >= 4 is 34.1 Å². The second-order valence-corrected chi connectivity index (χ2v) is 5.36. The lowest BCUT2D eigenvalue weighted by atomic mass is 10.3. The van der Waals surface area contributed by atoms with E-state index >= 15 is 0 Å². The van der Waals surface area contributed by atoms with Gasteiger partial charge in [0, 0.05) is 12.1 Å². The summed E-state index contributed by atoms with van der Waals surface area (Å²) in [5.74, 6) is 0.780. The van der Waals surface area contributed by atoms with Crippen LogP contribution in [0, 0.1) is 23.8 Å². The topological polar surface area (TPSA) is 113 Å². The molecule has 1 aromatic heterocycles. The fourth-order valence-corrected chi connectivity index (χ4v) is 2.53. The summed E-state index contributed by atoms with van der Waals surface area (Å²) in [7, 11) is 0. The van der Waals surface area contributed by atoms with Crippen LogP contribution in [0.5, 0.6) is 5.75 Å². The highest BCUT2D eigenvalue weighted by molar-refractivity contribution is 14.1. The Balaban J connectivity index is 2.17. The number of non-ortho nitro benzene ring substituents is 1. The lowest BCUT2D eigenvalue weighted by Crippen LogP contribution is -2.08. The van der Waals surface area contributed by atoms with Gasteiger partial charge in [-0.25, -0.2) is 9.55 Å². The third-order valence-corrected chi connectivity index (χ3v) is 3.75. The molecule has 1 heterocycles. The minimum atomic E-state index is -0.504. The zero-order valence-corrected chi connectivity index (χ0v) is 13.6. The molecule has 10 heteroatoms. The summed E-state index contributed by atoms with van der Waals surface area (Å²) in [6.07, 6.45) is 1.18. The van der Waals surface area contributed by atoms with E-state index in [-0.39, 0.29) is 18.1 Å². The highest BCUT2D eigenvalue weighted by Gasteiger charge is 2.19. The number of ether oxygens (including phenoxy) is 1. The van der Waals surface area contributed by atoms with Crippen LogP contribution in [-0.4, -0.2) is 19.4 Å². The predicted octanol–water partition coefficient (Wildman–Crippen LogP) is 2.90. The lowest BCUT2D eigenvalue weighted by molar-refractivity contribution is -0.392. The smallest absolute Gasteiger partial charge is 0.342 e. The fraction of sp³-hybridized carbons (Fsp3) is 0.250. The lowest BCUT2D eigenvalue weighted by Gasteiger charge is -2.07. The van der Waals surface area contributed by atoms with Crippen molar-refractivity contribution in [2.75, 3.05) is 0 Å². The number of nitrogens with zero attached hydrogens (tertiary/aromatic N) is 4. The summed E-state index contributed by atoms with van der Waals surface area (Å²) in [6.45, 7) is 2.20. The molecule has 0 aliphatic rings. The van der Waals surface area contributed by atoms with Crippen LogP contribution in [0.15, 0.2) is 24.4 Å². The van der Waals surface area contributed by atoms with Crippen molar-refractivity contribution in [3.8, 4) is 5.75 Å². The summed E-state index contributed by atoms with van der Waals surface area (Å²) in [5.41, 5.74) is -0.0255. The number of benzene rings is 1. The van der Waals surface area contributed by atoms with Crippen LogP contribution in [0.3, 0.4) is 0 Å². The molecule has 0 radical (unpaired) electrons. The van der Waals surface area contributed by atoms with E-state index in [4.69, 9.17) is 4.74 Å². The number of nitro benzene ring substituents is 1. The van der Waals surface area contributed by atoms with Crippen molar-refractivity contribution in [3.05, 3.63) is 54.0 Å². The Labute approximate surface area is 138 Å². The van der Waals surface area contributed by atoms with E-state index in [1.54, 1.807) is 6.92 Å². The van der Waals surface area contributed by atoms with Gasteiger partial charge in [-0.3, -0.25) is 10.1 Å². The van der Waals surface area contributed by atoms with Gasteiger partial charge in [-0.05, 0) is 40.5 Å². The van der Waals surface area contributed by atoms with Gasteiger partial charge in [-0.2, -0.15) is 0 Å². The zero-order valence-electron chi connectivity index (χ0n) is 11.4. The molecule has 0 aliphatic heterocycles. The molecule has 0 saturated carbocycles. The van der Waals surface area contributed by atoms with E-state index in [1.807, 2.05) is 22.6 Å². The van der Waals surface area contributed by atoms with Gasteiger partial charge in [0.1, 0.15) is 11.9 Å². The second kappa shape index (κ2) is 6.68. The van der Waals surface area contributed by atoms with Crippen LogP contribution in [0.2, 0.25) is 0 Å². The first-order valence-electron chi connectivity index (χ1n) is 6.19. The minimum Gasteiger partial charge on any atom is -0.482 e. The normalized spacial score (nSPS) is 10.5. The third kappa shape index (κ3) is 3.32. The number of imidazole rings is 1. The van der Waals surface area contributed by atoms with Crippen molar-refractivity contribution < 1.29 is 14.6 Å². The number of aromatic nitrogens is 2. The molecule has 2 aromatic rings. The molecule has 116 valence electrons. The predicted molar refractivity (Wildman–Crippen MR) is 84.7 cm³/mol. The maximum absolute atomic E-state index is 10.9. The van der Waals surface area contributed by atoms with E-state index in [1.165, 1.54) is 29.0 Å². The SMILES string of the molecule is CCn1c([N+](=O)[O-])cnc1COc1ccc([N+](=O)[O-])cc1I. The number of hydrogen-bond donors (Lipinski definition) is 0. The van der Waals surface area contributed by atoms with Crippen molar-refractivity contribution in [2.24, 2.45) is 0 Å². The van der Waals surface area contributed by atoms with Crippen molar-refractivity contribution in [3.63, 3.8) is 0 Å². The molecule has 0 fully saturated rings. The first-order valence-corrected chi connectivity index (χ1v) is 7.27. The molecule has 0 aliphatic carbocycles. The summed E-state index contributed by atoms with van der Waals surface area (Å²) in [6, 6.07) is 4.23. The van der Waals surface area contributed by atoms with Gasteiger partial charge >= 0.3 is 5.82 Å². The molecular formula is C12H11IN4O5. The largest absolute Gasteiger partial charge is 0.482 e. The van der Waals surface area contributed by atoms with Gasteiger partial charge in [0.05, 0.1) is 15.0 Å². The highest BCUT2D eigenvalue weighted by atomic mass is 127. The Morgan fingerprint density at radius 3 is 2.59 bits per heavy atom. The average molecular weight is 418 g/mol. The van der Waals surface area contributed by atoms with Crippen LogP contribution in [0.4, 0.5) is 11.5 Å². The maximum Gasteiger partial charge on any atom is 0.342 e. The Bertz CT molecular complexity index is 730. The van der Waals surface area contributed by atoms with E-state index < -0.39 is 9.85 Å². The van der Waals surface area contributed by atoms with E-state index in [0.29, 0.717) is 21.7 Å². The van der Waals surface area contributed by atoms with E-state index in [2.05, 4.69) is 4.98 Å². The molecule has 1 aromatic carbocycles. The Morgan fingerprint density at radius 2 is 2.05 bits per heavy atom. The number of halogens is 1. The van der Waals surface area contributed by atoms with Gasteiger partial charge in [0.2, 0.25) is 5.82 Å². The highest BCUT2D eigenvalue weighted by Crippen LogP contribution is 2.26. The van der Waals surface area contributed by atoms with Crippen LogP contribution < -0.4 is 4.74 Å². The Morgan fingerprint density at radius 1 is 1.32 bits per heavy atom. The molecule has 9 nitrogen and oxygen atoms in total. The number of hydrogen-bond acceptors (Lipinski definition) is 6. The molecule has 0 amide bonds. The van der Waals surface area contributed by atoms with Gasteiger partial charge < -0.3 is 14.9 Å². The average Bonchev–Trinajstić information content (AvgIpc) is 2.88. The molecule has 0 unspecified atom stereocenters. The van der Waals surface area contributed by atoms with Crippen LogP contribution in [-0.2, 0) is 13.2 Å². The van der Waals surface area contributed by atoms with Crippen molar-refractivity contribution in [1.82, 2.24) is 9.55 Å². The first-order chi connectivity index (χ1) is 10.4. The standard InChI is InChI=1S/C12H11IN4O5/c1-2-15-11(14-6-12(15)17(20)21)7-22-10-4-3-8(16(18)19)5-9(10)13/h3-6H,2,7H2,1H3. The summed E-state index contributed by atoms with van der Waals surface area (Å²) >= 11 is 1.93. The zero-order chi connectivity index (χ0) is 16.3. The van der Waals surface area contributed by atoms with Crippen LogP contribution in [0.25, 0.3) is 0 Å². The Hall–Kier alpha value is -2.24. The monoisotopic (exact) mass is 418 g/mol. The summed E-state index contributed by atoms with van der Waals surface area (Å²) in [4.78, 5) is 24.5. The quantitative estimate of drug-likeness (QED) is 0.405. The molecule has 0 spiro atoms. The van der Waals surface area contributed by atoms with E-state index in [9.17, 15) is 20.2 Å². The molecule has 0 bridgehead atoms. The van der Waals surface area contributed by atoms with Crippen LogP contribution in [0.1, 0.15) is 12.7 Å². The molecular weight excluding hydrogens is 407 g/mol. The van der Waals surface area contributed by atoms with Gasteiger partial charge in [0.15, 0.2) is 6.61 Å². The molecule has 0 N–H and O–H groups in total. The van der Waals surface area contributed by atoms with Gasteiger partial charge in [0.25, 0.3) is 5.69 Å². The fourth-order valence-electron chi connectivity index (χ4n) is 1.87. The molecule has 0 saturated heterocycles. The second-order valence-electron chi connectivity index (χ2n) is 4.19. The molecule has 0 atom stereocenters. The van der Waals surface area contributed by atoms with Gasteiger partial charge in [-0.15, -0.1) is 0 Å². The maximum atomic E-state index is 10.9. The Kier molecular flexibility index (Phi) is 4.90. The third-order valence-electron chi connectivity index (χ3n) is 2.90. The van der Waals surface area contributed by atoms with Crippen molar-refractivity contribution in [2.45, 2.75) is 20.1 Å². The molecule has 2 rings (SSSR count). The van der Waals surface area contributed by atoms with E-state index in [0.717, 1.165) is 0 Å². The minimum absolute atomic E-state index is 0.0255. The van der Waals surface area contributed by atoms with Gasteiger partial charge in [-0.1, -0.05) is 0 Å². The van der Waals surface area contributed by atoms with Crippen molar-refractivity contribution in [1.29, 1.82) is 0 Å². The number of nitro groups is 2. The van der Waals surface area contributed by atoms with Crippen LogP contribution >= 0.6 is 22.6 Å². The summed E-state index contributed by atoms with van der Waals surface area (Å²) in [5, 5.41) is 21.5. The molecule has 22 heavy (non-hydrogen) atoms.